The van der Waals surface area contributed by atoms with E-state index in [1.165, 1.54) is 0 Å². The highest BCUT2D eigenvalue weighted by Gasteiger charge is 1.99. The molecule has 0 fully saturated rings. The molecular weight excluding hydrogens is 140 g/mol. The van der Waals surface area contributed by atoms with Crippen LogP contribution in [0.2, 0.25) is 0 Å². The number of aliphatic hydroxyl groups excluding tert-OH is 1. The monoisotopic (exact) mass is 156 g/mol. The van der Waals surface area contributed by atoms with E-state index in [1.54, 1.807) is 6.20 Å². The lowest BCUT2D eigenvalue weighted by Gasteiger charge is -2.07. The number of hydrogen-bond acceptors (Lipinski definition) is 3. The summed E-state index contributed by atoms with van der Waals surface area (Å²) in [6.07, 6.45) is 4.12. The SMILES string of the molecule is C=CN/C=C(\C)CC(N)CO. The normalized spacial score (nSPS) is 14.3. The van der Waals surface area contributed by atoms with E-state index in [2.05, 4.69) is 11.9 Å². The molecule has 0 amide bonds. The third-order valence-electron chi connectivity index (χ3n) is 1.27. The molecule has 0 aromatic heterocycles. The summed E-state index contributed by atoms with van der Waals surface area (Å²) in [6.45, 7) is 5.47. The van der Waals surface area contributed by atoms with Gasteiger partial charge in [0.05, 0.1) is 6.61 Å². The van der Waals surface area contributed by atoms with Crippen molar-refractivity contribution in [1.82, 2.24) is 5.32 Å². The summed E-state index contributed by atoms with van der Waals surface area (Å²) in [6, 6.07) is -0.155. The van der Waals surface area contributed by atoms with Crippen LogP contribution >= 0.6 is 0 Å². The Hall–Kier alpha value is -0.800. The van der Waals surface area contributed by atoms with Gasteiger partial charge in [-0.25, -0.2) is 0 Å². The first-order valence-corrected chi connectivity index (χ1v) is 3.59. The van der Waals surface area contributed by atoms with E-state index >= 15 is 0 Å². The molecule has 0 saturated heterocycles. The first-order chi connectivity index (χ1) is 5.20. The minimum Gasteiger partial charge on any atom is -0.395 e. The minimum atomic E-state index is -0.155. The van der Waals surface area contributed by atoms with Gasteiger partial charge in [-0.15, -0.1) is 0 Å². The molecule has 0 aliphatic rings. The number of rotatable bonds is 5. The van der Waals surface area contributed by atoms with Crippen LogP contribution in [0.4, 0.5) is 0 Å². The largest absolute Gasteiger partial charge is 0.395 e. The zero-order valence-corrected chi connectivity index (χ0v) is 6.88. The van der Waals surface area contributed by atoms with Gasteiger partial charge in [0.25, 0.3) is 0 Å². The molecule has 64 valence electrons. The molecule has 0 saturated carbocycles. The second-order valence-electron chi connectivity index (χ2n) is 2.51. The summed E-state index contributed by atoms with van der Waals surface area (Å²) < 4.78 is 0. The van der Waals surface area contributed by atoms with Crippen molar-refractivity contribution in [3.05, 3.63) is 24.6 Å². The Morgan fingerprint density at radius 2 is 2.45 bits per heavy atom. The van der Waals surface area contributed by atoms with Crippen molar-refractivity contribution >= 4 is 0 Å². The van der Waals surface area contributed by atoms with Crippen LogP contribution in [-0.2, 0) is 0 Å². The van der Waals surface area contributed by atoms with Crippen molar-refractivity contribution in [1.29, 1.82) is 0 Å². The van der Waals surface area contributed by atoms with E-state index in [4.69, 9.17) is 10.8 Å². The number of aliphatic hydroxyl groups is 1. The zero-order chi connectivity index (χ0) is 8.69. The maximum Gasteiger partial charge on any atom is 0.0585 e. The highest BCUT2D eigenvalue weighted by molar-refractivity contribution is 5.00. The fourth-order valence-electron chi connectivity index (χ4n) is 0.738. The number of hydrogen-bond donors (Lipinski definition) is 3. The molecule has 0 spiro atoms. The van der Waals surface area contributed by atoms with Gasteiger partial charge in [0, 0.05) is 6.04 Å². The van der Waals surface area contributed by atoms with Crippen LogP contribution in [-0.4, -0.2) is 17.8 Å². The second kappa shape index (κ2) is 5.95. The van der Waals surface area contributed by atoms with Crippen molar-refractivity contribution in [2.45, 2.75) is 19.4 Å². The van der Waals surface area contributed by atoms with Crippen molar-refractivity contribution < 1.29 is 5.11 Å². The molecule has 0 bridgehead atoms. The highest BCUT2D eigenvalue weighted by atomic mass is 16.3. The standard InChI is InChI=1S/C8H16N2O/c1-3-10-5-7(2)4-8(9)6-11/h3,5,8,10-11H,1,4,6,9H2,2H3/b7-5+. The molecule has 1 atom stereocenters. The smallest absolute Gasteiger partial charge is 0.0585 e. The Kier molecular flexibility index (Phi) is 5.51. The van der Waals surface area contributed by atoms with Crippen LogP contribution in [0, 0.1) is 0 Å². The molecule has 1 unspecified atom stereocenters. The summed E-state index contributed by atoms with van der Waals surface area (Å²) in [7, 11) is 0. The third-order valence-corrected chi connectivity index (χ3v) is 1.27. The van der Waals surface area contributed by atoms with Gasteiger partial charge < -0.3 is 16.2 Å². The summed E-state index contributed by atoms with van der Waals surface area (Å²) >= 11 is 0. The van der Waals surface area contributed by atoms with Gasteiger partial charge in [-0.05, 0) is 25.7 Å². The quantitative estimate of drug-likeness (QED) is 0.537. The van der Waals surface area contributed by atoms with Gasteiger partial charge in [-0.1, -0.05) is 12.2 Å². The van der Waals surface area contributed by atoms with Crippen molar-refractivity contribution in [2.24, 2.45) is 5.73 Å². The van der Waals surface area contributed by atoms with Crippen LogP contribution in [0.5, 0.6) is 0 Å². The molecule has 3 heteroatoms. The Balaban J connectivity index is 3.65. The Bertz CT molecular complexity index is 143. The molecule has 0 aromatic rings. The minimum absolute atomic E-state index is 0.0271. The molecule has 11 heavy (non-hydrogen) atoms. The summed E-state index contributed by atoms with van der Waals surface area (Å²) in [5.74, 6) is 0. The summed E-state index contributed by atoms with van der Waals surface area (Å²) in [5.41, 5.74) is 6.60. The Morgan fingerprint density at radius 1 is 1.82 bits per heavy atom. The van der Waals surface area contributed by atoms with Gasteiger partial charge >= 0.3 is 0 Å². The lowest BCUT2D eigenvalue weighted by molar-refractivity contribution is 0.265. The van der Waals surface area contributed by atoms with Crippen LogP contribution in [0.25, 0.3) is 0 Å². The Morgan fingerprint density at radius 3 is 2.91 bits per heavy atom. The van der Waals surface area contributed by atoms with Crippen LogP contribution in [0.15, 0.2) is 24.6 Å². The molecule has 0 radical (unpaired) electrons. The van der Waals surface area contributed by atoms with Gasteiger partial charge in [0.2, 0.25) is 0 Å². The average Bonchev–Trinajstić information content (AvgIpc) is 2.00. The summed E-state index contributed by atoms with van der Waals surface area (Å²) in [4.78, 5) is 0. The highest BCUT2D eigenvalue weighted by Crippen LogP contribution is 2.00. The lowest BCUT2D eigenvalue weighted by atomic mass is 10.1. The topological polar surface area (TPSA) is 58.3 Å². The van der Waals surface area contributed by atoms with E-state index in [9.17, 15) is 0 Å². The van der Waals surface area contributed by atoms with Gasteiger partial charge in [-0.3, -0.25) is 0 Å². The zero-order valence-electron chi connectivity index (χ0n) is 6.88. The molecule has 0 aromatic carbocycles. The lowest BCUT2D eigenvalue weighted by Crippen LogP contribution is -2.24. The van der Waals surface area contributed by atoms with Crippen molar-refractivity contribution in [3.63, 3.8) is 0 Å². The molecule has 3 nitrogen and oxygen atoms in total. The number of nitrogens with two attached hydrogens (primary N) is 1. The molecule has 0 rings (SSSR count). The first kappa shape index (κ1) is 10.2. The van der Waals surface area contributed by atoms with E-state index in [0.29, 0.717) is 6.42 Å². The van der Waals surface area contributed by atoms with Crippen LogP contribution in [0.1, 0.15) is 13.3 Å². The maximum atomic E-state index is 8.62. The predicted octanol–water partition coefficient (Wildman–Crippen LogP) is 0.333. The Labute approximate surface area is 67.6 Å². The van der Waals surface area contributed by atoms with Gasteiger partial charge in [0.1, 0.15) is 0 Å². The molecule has 0 heterocycles. The average molecular weight is 156 g/mol. The van der Waals surface area contributed by atoms with E-state index in [-0.39, 0.29) is 12.6 Å². The van der Waals surface area contributed by atoms with E-state index in [1.807, 2.05) is 13.1 Å². The summed E-state index contributed by atoms with van der Waals surface area (Å²) in [5, 5.41) is 11.5. The molecule has 0 aliphatic carbocycles. The fourth-order valence-corrected chi connectivity index (χ4v) is 0.738. The maximum absolute atomic E-state index is 8.62. The predicted molar refractivity (Wildman–Crippen MR) is 46.8 cm³/mol. The molecule has 4 N–H and O–H groups in total. The third kappa shape index (κ3) is 5.63. The van der Waals surface area contributed by atoms with Crippen molar-refractivity contribution in [2.75, 3.05) is 6.61 Å². The van der Waals surface area contributed by atoms with Gasteiger partial charge in [0.15, 0.2) is 0 Å². The molecule has 0 aliphatic heterocycles. The fraction of sp³-hybridized carbons (Fsp3) is 0.500. The van der Waals surface area contributed by atoms with Crippen LogP contribution < -0.4 is 11.1 Å². The van der Waals surface area contributed by atoms with Crippen LogP contribution in [0.3, 0.4) is 0 Å². The number of nitrogens with one attached hydrogen (secondary N) is 1. The molecular formula is C8H16N2O. The second-order valence-corrected chi connectivity index (χ2v) is 2.51. The van der Waals surface area contributed by atoms with E-state index in [0.717, 1.165) is 5.57 Å². The van der Waals surface area contributed by atoms with Crippen molar-refractivity contribution in [3.8, 4) is 0 Å². The van der Waals surface area contributed by atoms with E-state index < -0.39 is 0 Å². The first-order valence-electron chi connectivity index (χ1n) is 3.59. The van der Waals surface area contributed by atoms with Gasteiger partial charge in [-0.2, -0.15) is 0 Å².